The van der Waals surface area contributed by atoms with Gasteiger partial charge in [0.05, 0.1) is 6.61 Å². The molecule has 1 heterocycles. The molecule has 1 saturated heterocycles. The van der Waals surface area contributed by atoms with E-state index in [1.807, 2.05) is 0 Å². The van der Waals surface area contributed by atoms with Gasteiger partial charge in [0.1, 0.15) is 6.04 Å². The van der Waals surface area contributed by atoms with Crippen molar-refractivity contribution in [2.24, 2.45) is 0 Å². The van der Waals surface area contributed by atoms with Crippen molar-refractivity contribution >= 4 is 21.9 Å². The first-order chi connectivity index (χ1) is 5.84. The first-order valence-electron chi connectivity index (χ1n) is 4.30. The summed E-state index contributed by atoms with van der Waals surface area (Å²) in [5.74, 6) is -0.0894. The molecular weight excluding hydrogens is 222 g/mol. The predicted molar refractivity (Wildman–Crippen MR) is 50.4 cm³/mol. The minimum absolute atomic E-state index is 0.0414. The van der Waals surface area contributed by atoms with Gasteiger partial charge < -0.3 is 10.1 Å². The highest BCUT2D eigenvalue weighted by atomic mass is 79.9. The van der Waals surface area contributed by atoms with Crippen LogP contribution in [0.3, 0.4) is 0 Å². The van der Waals surface area contributed by atoms with Crippen LogP contribution in [0.15, 0.2) is 0 Å². The van der Waals surface area contributed by atoms with E-state index < -0.39 is 0 Å². The van der Waals surface area contributed by atoms with Crippen molar-refractivity contribution in [2.45, 2.75) is 25.3 Å². The van der Waals surface area contributed by atoms with E-state index in [-0.39, 0.29) is 12.0 Å². The zero-order chi connectivity index (χ0) is 8.81. The first-order valence-corrected chi connectivity index (χ1v) is 5.42. The van der Waals surface area contributed by atoms with E-state index in [1.54, 1.807) is 0 Å². The van der Waals surface area contributed by atoms with Crippen molar-refractivity contribution in [2.75, 3.05) is 18.5 Å². The summed E-state index contributed by atoms with van der Waals surface area (Å²) in [5.41, 5.74) is 0. The average molecular weight is 236 g/mol. The molecule has 0 spiro atoms. The minimum Gasteiger partial charge on any atom is -0.464 e. The number of carbonyl (C=O) groups is 1. The van der Waals surface area contributed by atoms with Gasteiger partial charge in [-0.1, -0.05) is 15.9 Å². The highest BCUT2D eigenvalue weighted by Gasteiger charge is 2.22. The van der Waals surface area contributed by atoms with Crippen LogP contribution in [0, 0.1) is 0 Å². The predicted octanol–water partition coefficient (Wildman–Crippen LogP) is 1.07. The van der Waals surface area contributed by atoms with Crippen LogP contribution >= 0.6 is 15.9 Å². The van der Waals surface area contributed by atoms with Crippen LogP contribution in [0.5, 0.6) is 0 Å². The molecule has 0 aromatic rings. The number of rotatable bonds is 4. The van der Waals surface area contributed by atoms with Crippen LogP contribution in [0.25, 0.3) is 0 Å². The van der Waals surface area contributed by atoms with Crippen LogP contribution in [0.4, 0.5) is 0 Å². The van der Waals surface area contributed by atoms with Gasteiger partial charge in [0.2, 0.25) is 0 Å². The van der Waals surface area contributed by atoms with Crippen molar-refractivity contribution in [3.63, 3.8) is 0 Å². The van der Waals surface area contributed by atoms with Gasteiger partial charge in [0.15, 0.2) is 0 Å². The zero-order valence-electron chi connectivity index (χ0n) is 7.01. The maximum Gasteiger partial charge on any atom is 0.323 e. The Balaban J connectivity index is 2.10. The van der Waals surface area contributed by atoms with Crippen LogP contribution < -0.4 is 5.32 Å². The van der Waals surface area contributed by atoms with Crippen molar-refractivity contribution in [1.82, 2.24) is 5.32 Å². The molecule has 1 fully saturated rings. The summed E-state index contributed by atoms with van der Waals surface area (Å²) in [6.07, 6.45) is 2.89. The second-order valence-electron chi connectivity index (χ2n) is 2.86. The minimum atomic E-state index is -0.0894. The number of hydrogen-bond acceptors (Lipinski definition) is 3. The lowest BCUT2D eigenvalue weighted by atomic mass is 10.2. The summed E-state index contributed by atoms with van der Waals surface area (Å²) in [6, 6.07) is -0.0414. The Bertz CT molecular complexity index is 146. The summed E-state index contributed by atoms with van der Waals surface area (Å²) >= 11 is 3.28. The topological polar surface area (TPSA) is 38.3 Å². The van der Waals surface area contributed by atoms with Crippen LogP contribution in [0.1, 0.15) is 19.3 Å². The molecular formula is C8H14BrNO2. The quantitative estimate of drug-likeness (QED) is 0.450. The van der Waals surface area contributed by atoms with E-state index in [4.69, 9.17) is 4.74 Å². The SMILES string of the molecule is O=C(OCCCBr)[C@@H]1CCCN1. The molecule has 0 amide bonds. The number of carbonyl (C=O) groups excluding carboxylic acids is 1. The normalized spacial score (nSPS) is 22.6. The van der Waals surface area contributed by atoms with Gasteiger partial charge in [-0.15, -0.1) is 0 Å². The molecule has 1 atom stereocenters. The van der Waals surface area contributed by atoms with Crippen LogP contribution in [0.2, 0.25) is 0 Å². The van der Waals surface area contributed by atoms with Gasteiger partial charge in [0.25, 0.3) is 0 Å². The highest BCUT2D eigenvalue weighted by molar-refractivity contribution is 9.09. The lowest BCUT2D eigenvalue weighted by Gasteiger charge is -2.09. The molecule has 1 aliphatic rings. The molecule has 1 rings (SSSR count). The first kappa shape index (κ1) is 9.99. The maximum atomic E-state index is 11.2. The number of hydrogen-bond donors (Lipinski definition) is 1. The Morgan fingerprint density at radius 3 is 3.08 bits per heavy atom. The third kappa shape index (κ3) is 3.11. The van der Waals surface area contributed by atoms with Gasteiger partial charge in [-0.25, -0.2) is 0 Å². The second-order valence-corrected chi connectivity index (χ2v) is 3.65. The number of ether oxygens (including phenoxy) is 1. The Morgan fingerprint density at radius 2 is 2.50 bits per heavy atom. The van der Waals surface area contributed by atoms with E-state index >= 15 is 0 Å². The fourth-order valence-electron chi connectivity index (χ4n) is 1.21. The van der Waals surface area contributed by atoms with E-state index in [2.05, 4.69) is 21.2 Å². The zero-order valence-corrected chi connectivity index (χ0v) is 8.60. The van der Waals surface area contributed by atoms with Gasteiger partial charge in [-0.3, -0.25) is 4.79 Å². The summed E-state index contributed by atoms with van der Waals surface area (Å²) in [6.45, 7) is 1.47. The summed E-state index contributed by atoms with van der Waals surface area (Å²) in [4.78, 5) is 11.2. The smallest absolute Gasteiger partial charge is 0.323 e. The Kier molecular flexibility index (Phi) is 4.61. The molecule has 3 nitrogen and oxygen atoms in total. The molecule has 0 bridgehead atoms. The Labute approximate surface area is 81.0 Å². The van der Waals surface area contributed by atoms with Crippen molar-refractivity contribution in [3.8, 4) is 0 Å². The number of halogens is 1. The molecule has 0 aromatic carbocycles. The van der Waals surface area contributed by atoms with Crippen molar-refractivity contribution in [1.29, 1.82) is 0 Å². The van der Waals surface area contributed by atoms with Crippen molar-refractivity contribution < 1.29 is 9.53 Å². The fraction of sp³-hybridized carbons (Fsp3) is 0.875. The monoisotopic (exact) mass is 235 g/mol. The third-order valence-corrected chi connectivity index (χ3v) is 2.43. The summed E-state index contributed by atoms with van der Waals surface area (Å²) in [7, 11) is 0. The largest absolute Gasteiger partial charge is 0.464 e. The number of esters is 1. The van der Waals surface area contributed by atoms with Gasteiger partial charge in [-0.2, -0.15) is 0 Å². The highest BCUT2D eigenvalue weighted by Crippen LogP contribution is 2.06. The van der Waals surface area contributed by atoms with Gasteiger partial charge >= 0.3 is 5.97 Å². The Hall–Kier alpha value is -0.0900. The lowest BCUT2D eigenvalue weighted by Crippen LogP contribution is -2.32. The van der Waals surface area contributed by atoms with E-state index in [0.29, 0.717) is 6.61 Å². The lowest BCUT2D eigenvalue weighted by molar-refractivity contribution is -0.145. The fourth-order valence-corrected chi connectivity index (χ4v) is 1.44. The molecule has 0 aliphatic carbocycles. The maximum absolute atomic E-state index is 11.2. The van der Waals surface area contributed by atoms with E-state index in [1.165, 1.54) is 0 Å². The molecule has 1 N–H and O–H groups in total. The molecule has 1 aliphatic heterocycles. The molecule has 70 valence electrons. The Morgan fingerprint density at radius 1 is 1.67 bits per heavy atom. The average Bonchev–Trinajstić information content (AvgIpc) is 2.56. The molecule has 0 radical (unpaired) electrons. The van der Waals surface area contributed by atoms with Crippen LogP contribution in [-0.4, -0.2) is 30.5 Å². The van der Waals surface area contributed by atoms with E-state index in [0.717, 1.165) is 31.1 Å². The second kappa shape index (κ2) is 5.54. The molecule has 0 saturated carbocycles. The number of alkyl halides is 1. The molecule has 12 heavy (non-hydrogen) atoms. The van der Waals surface area contributed by atoms with Gasteiger partial charge in [-0.05, 0) is 25.8 Å². The summed E-state index contributed by atoms with van der Waals surface area (Å²) in [5, 5.41) is 3.98. The van der Waals surface area contributed by atoms with Crippen molar-refractivity contribution in [3.05, 3.63) is 0 Å². The number of nitrogens with one attached hydrogen (secondary N) is 1. The van der Waals surface area contributed by atoms with E-state index in [9.17, 15) is 4.79 Å². The van der Waals surface area contributed by atoms with Crippen LogP contribution in [-0.2, 0) is 9.53 Å². The summed E-state index contributed by atoms with van der Waals surface area (Å²) < 4.78 is 5.03. The third-order valence-electron chi connectivity index (χ3n) is 1.87. The molecule has 0 aromatic heterocycles. The molecule has 0 unspecified atom stereocenters. The van der Waals surface area contributed by atoms with Gasteiger partial charge in [0, 0.05) is 5.33 Å². The molecule has 4 heteroatoms. The standard InChI is InChI=1S/C8H14BrNO2/c9-4-2-6-12-8(11)7-3-1-5-10-7/h7,10H,1-6H2/t7-/m0/s1.